The van der Waals surface area contributed by atoms with E-state index in [1.54, 1.807) is 4.90 Å². The third-order valence-electron chi connectivity index (χ3n) is 3.70. The largest absolute Gasteiger partial charge is 0.481 e. The van der Waals surface area contributed by atoms with Crippen LogP contribution in [0, 0.1) is 11.8 Å². The van der Waals surface area contributed by atoms with Crippen molar-refractivity contribution in [2.75, 3.05) is 18.0 Å². The fourth-order valence-corrected chi connectivity index (χ4v) is 3.27. The van der Waals surface area contributed by atoms with Crippen molar-refractivity contribution >= 4 is 22.6 Å². The van der Waals surface area contributed by atoms with Crippen LogP contribution >= 0.6 is 11.5 Å². The van der Waals surface area contributed by atoms with Crippen LogP contribution in [0.2, 0.25) is 0 Å². The van der Waals surface area contributed by atoms with Crippen molar-refractivity contribution in [3.63, 3.8) is 0 Å². The highest BCUT2D eigenvalue weighted by Gasteiger charge is 2.37. The van der Waals surface area contributed by atoms with Gasteiger partial charge in [-0.25, -0.2) is 0 Å². The van der Waals surface area contributed by atoms with Gasteiger partial charge in [0.25, 0.3) is 0 Å². The number of piperidine rings is 1. The number of carboxylic acid groups (broad SMARTS) is 1. The van der Waals surface area contributed by atoms with Gasteiger partial charge < -0.3 is 10.0 Å². The van der Waals surface area contributed by atoms with Crippen molar-refractivity contribution in [1.82, 2.24) is 9.36 Å². The van der Waals surface area contributed by atoms with Gasteiger partial charge in [-0.3, -0.25) is 4.79 Å². The lowest BCUT2D eigenvalue weighted by Crippen LogP contribution is -2.38. The van der Waals surface area contributed by atoms with Gasteiger partial charge in [0.05, 0.1) is 0 Å². The molecule has 0 aromatic carbocycles. The van der Waals surface area contributed by atoms with Crippen molar-refractivity contribution in [2.45, 2.75) is 32.4 Å². The summed E-state index contributed by atoms with van der Waals surface area (Å²) in [5.74, 6) is -1.83. The Labute approximate surface area is 124 Å². The van der Waals surface area contributed by atoms with Gasteiger partial charge in [-0.1, -0.05) is 6.92 Å². The molecule has 0 radical (unpaired) electrons. The minimum absolute atomic E-state index is 0.0136. The fraction of sp³-hybridized carbons (Fsp3) is 0.750. The predicted molar refractivity (Wildman–Crippen MR) is 71.3 cm³/mol. The number of aliphatic carboxylic acids is 1. The summed E-state index contributed by atoms with van der Waals surface area (Å²) in [5, 5.41) is 9.09. The molecule has 5 nitrogen and oxygen atoms in total. The third kappa shape index (κ3) is 4.05. The predicted octanol–water partition coefficient (Wildman–Crippen LogP) is 2.88. The molecule has 1 aliphatic rings. The summed E-state index contributed by atoms with van der Waals surface area (Å²) in [6, 6.07) is 0. The second-order valence-electron chi connectivity index (χ2n) is 5.32. The summed E-state index contributed by atoms with van der Waals surface area (Å²) in [6.07, 6.45) is -2.76. The highest BCUT2D eigenvalue weighted by atomic mass is 32.1. The van der Waals surface area contributed by atoms with Crippen molar-refractivity contribution in [3.05, 3.63) is 5.82 Å². The highest BCUT2D eigenvalue weighted by Crippen LogP contribution is 2.33. The average Bonchev–Trinajstić information content (AvgIpc) is 2.87. The Balaban J connectivity index is 2.04. The van der Waals surface area contributed by atoms with Crippen LogP contribution in [0.25, 0.3) is 0 Å². The van der Waals surface area contributed by atoms with Crippen molar-refractivity contribution in [3.8, 4) is 0 Å². The lowest BCUT2D eigenvalue weighted by molar-refractivity contribution is -0.144. The van der Waals surface area contributed by atoms with Gasteiger partial charge >= 0.3 is 12.1 Å². The van der Waals surface area contributed by atoms with Gasteiger partial charge in [0.2, 0.25) is 11.0 Å². The van der Waals surface area contributed by atoms with Crippen molar-refractivity contribution in [1.29, 1.82) is 0 Å². The Bertz CT molecular complexity index is 506. The molecule has 0 aliphatic carbocycles. The van der Waals surface area contributed by atoms with Crippen LogP contribution in [0.1, 0.15) is 32.0 Å². The van der Waals surface area contributed by atoms with E-state index in [1.165, 1.54) is 0 Å². The summed E-state index contributed by atoms with van der Waals surface area (Å²) in [5.41, 5.74) is 0. The SMILES string of the molecule is CC(CC(=O)O)C1CCCN(c2nc(C(F)(F)F)ns2)C1. The number of halogens is 3. The zero-order valence-electron chi connectivity index (χ0n) is 11.4. The molecule has 0 bridgehead atoms. The van der Waals surface area contributed by atoms with E-state index in [9.17, 15) is 18.0 Å². The van der Waals surface area contributed by atoms with Crippen LogP contribution in [0.5, 0.6) is 0 Å². The molecule has 2 atom stereocenters. The summed E-state index contributed by atoms with van der Waals surface area (Å²) in [4.78, 5) is 16.1. The van der Waals surface area contributed by atoms with Crippen LogP contribution in [0.15, 0.2) is 0 Å². The molecule has 2 rings (SSSR count). The van der Waals surface area contributed by atoms with Crippen LogP contribution in [-0.2, 0) is 11.0 Å². The smallest absolute Gasteiger partial charge is 0.452 e. The maximum absolute atomic E-state index is 12.5. The van der Waals surface area contributed by atoms with Crippen LogP contribution in [-0.4, -0.2) is 33.5 Å². The number of anilines is 1. The first-order valence-corrected chi connectivity index (χ1v) is 7.42. The van der Waals surface area contributed by atoms with Gasteiger partial charge in [-0.2, -0.15) is 22.5 Å². The minimum atomic E-state index is -4.53. The van der Waals surface area contributed by atoms with E-state index in [0.29, 0.717) is 13.1 Å². The zero-order valence-corrected chi connectivity index (χ0v) is 12.2. The van der Waals surface area contributed by atoms with Gasteiger partial charge in [-0.05, 0) is 24.7 Å². The Morgan fingerprint density at radius 1 is 1.57 bits per heavy atom. The summed E-state index contributed by atoms with van der Waals surface area (Å²) >= 11 is 0.739. The normalized spacial score (nSPS) is 21.3. The molecule has 0 saturated carbocycles. The second-order valence-corrected chi connectivity index (χ2v) is 6.05. The molecule has 21 heavy (non-hydrogen) atoms. The molecule has 0 amide bonds. The number of hydrogen-bond acceptors (Lipinski definition) is 5. The van der Waals surface area contributed by atoms with Gasteiger partial charge in [-0.15, -0.1) is 0 Å². The number of nitrogens with zero attached hydrogens (tertiary/aromatic N) is 3. The molecule has 118 valence electrons. The second kappa shape index (κ2) is 6.17. The van der Waals surface area contributed by atoms with E-state index in [4.69, 9.17) is 5.11 Å². The van der Waals surface area contributed by atoms with E-state index in [-0.39, 0.29) is 23.4 Å². The quantitative estimate of drug-likeness (QED) is 0.923. The van der Waals surface area contributed by atoms with Gasteiger partial charge in [0.15, 0.2) is 0 Å². The molecular weight excluding hydrogens is 307 g/mol. The topological polar surface area (TPSA) is 66.3 Å². The summed E-state index contributed by atoms with van der Waals surface area (Å²) in [7, 11) is 0. The zero-order chi connectivity index (χ0) is 15.6. The number of aromatic nitrogens is 2. The Morgan fingerprint density at radius 3 is 2.86 bits per heavy atom. The Kier molecular flexibility index (Phi) is 4.70. The maximum Gasteiger partial charge on any atom is 0.452 e. The molecule has 1 aromatic rings. The number of rotatable bonds is 4. The summed E-state index contributed by atoms with van der Waals surface area (Å²) in [6.45, 7) is 3.02. The first-order valence-electron chi connectivity index (χ1n) is 6.65. The maximum atomic E-state index is 12.5. The van der Waals surface area contributed by atoms with Crippen LogP contribution < -0.4 is 4.90 Å². The van der Waals surface area contributed by atoms with Gasteiger partial charge in [0, 0.05) is 31.0 Å². The van der Waals surface area contributed by atoms with E-state index in [1.807, 2.05) is 6.92 Å². The van der Waals surface area contributed by atoms with E-state index in [2.05, 4.69) is 9.36 Å². The number of alkyl halides is 3. The molecule has 2 unspecified atom stereocenters. The molecule has 1 aromatic heterocycles. The lowest BCUT2D eigenvalue weighted by Gasteiger charge is -2.35. The van der Waals surface area contributed by atoms with Crippen LogP contribution in [0.4, 0.5) is 18.3 Å². The minimum Gasteiger partial charge on any atom is -0.481 e. The highest BCUT2D eigenvalue weighted by molar-refractivity contribution is 7.09. The van der Waals surface area contributed by atoms with E-state index < -0.39 is 18.0 Å². The Hall–Kier alpha value is -1.38. The number of hydrogen-bond donors (Lipinski definition) is 1. The lowest BCUT2D eigenvalue weighted by atomic mass is 9.85. The number of carboxylic acids is 1. The standard InChI is InChI=1S/C12H16F3N3O2S/c1-7(5-9(19)20)8-3-2-4-18(6-8)11-16-10(17-21-11)12(13,14)15/h7-8H,2-6H2,1H3,(H,19,20). The molecule has 1 saturated heterocycles. The molecule has 0 spiro atoms. The van der Waals surface area contributed by atoms with E-state index >= 15 is 0 Å². The number of carbonyl (C=O) groups is 1. The van der Waals surface area contributed by atoms with E-state index in [0.717, 1.165) is 24.4 Å². The molecule has 1 aliphatic heterocycles. The van der Waals surface area contributed by atoms with Gasteiger partial charge in [0.1, 0.15) is 0 Å². The average molecular weight is 323 g/mol. The molecule has 1 N–H and O–H groups in total. The molecule has 1 fully saturated rings. The fourth-order valence-electron chi connectivity index (χ4n) is 2.55. The van der Waals surface area contributed by atoms with Crippen molar-refractivity contribution < 1.29 is 23.1 Å². The third-order valence-corrected chi connectivity index (χ3v) is 4.48. The molecule has 9 heteroatoms. The molecular formula is C12H16F3N3O2S. The molecule has 2 heterocycles. The van der Waals surface area contributed by atoms with Crippen LogP contribution in [0.3, 0.4) is 0 Å². The first-order chi connectivity index (χ1) is 9.77. The summed E-state index contributed by atoms with van der Waals surface area (Å²) < 4.78 is 40.9. The Morgan fingerprint density at radius 2 is 2.29 bits per heavy atom. The monoisotopic (exact) mass is 323 g/mol. The first kappa shape index (κ1) is 16.0. The van der Waals surface area contributed by atoms with Crippen molar-refractivity contribution in [2.24, 2.45) is 11.8 Å².